The number of anilines is 1. The highest BCUT2D eigenvalue weighted by Crippen LogP contribution is 2.23. The summed E-state index contributed by atoms with van der Waals surface area (Å²) in [5.74, 6) is -0.328. The third-order valence-corrected chi connectivity index (χ3v) is 5.57. The summed E-state index contributed by atoms with van der Waals surface area (Å²) in [5.41, 5.74) is 6.41. The Bertz CT molecular complexity index is 1290. The fourth-order valence-corrected chi connectivity index (χ4v) is 3.72. The molecule has 4 aromatic rings. The predicted molar refractivity (Wildman–Crippen MR) is 138 cm³/mol. The van der Waals surface area contributed by atoms with Crippen LogP contribution in [0.25, 0.3) is 22.3 Å². The van der Waals surface area contributed by atoms with Crippen molar-refractivity contribution in [1.82, 2.24) is 9.88 Å². The molecule has 1 heterocycles. The molecule has 0 spiro atoms. The molecule has 0 saturated heterocycles. The summed E-state index contributed by atoms with van der Waals surface area (Å²) < 4.78 is 5.02. The summed E-state index contributed by atoms with van der Waals surface area (Å²) in [6.45, 7) is 2.61. The Morgan fingerprint density at radius 1 is 0.829 bits per heavy atom. The van der Waals surface area contributed by atoms with E-state index < -0.39 is 0 Å². The van der Waals surface area contributed by atoms with Crippen LogP contribution in [0, 0.1) is 0 Å². The van der Waals surface area contributed by atoms with Gasteiger partial charge in [-0.25, -0.2) is 9.59 Å². The zero-order chi connectivity index (χ0) is 24.6. The smallest absolute Gasteiger partial charge is 0.338 e. The number of nitrogens with one attached hydrogen (secondary N) is 1. The van der Waals surface area contributed by atoms with Crippen LogP contribution < -0.4 is 5.32 Å². The molecule has 0 aliphatic rings. The summed E-state index contributed by atoms with van der Waals surface area (Å²) in [6.07, 6.45) is 3.54. The van der Waals surface area contributed by atoms with E-state index >= 15 is 0 Å². The molecule has 6 nitrogen and oxygen atoms in total. The molecule has 0 saturated carbocycles. The number of aromatic nitrogens is 1. The lowest BCUT2D eigenvalue weighted by atomic mass is 10.0. The summed E-state index contributed by atoms with van der Waals surface area (Å²) in [7, 11) is 1.77. The number of urea groups is 1. The molecular weight excluding hydrogens is 438 g/mol. The number of rotatable bonds is 7. The van der Waals surface area contributed by atoms with Crippen molar-refractivity contribution in [2.45, 2.75) is 13.5 Å². The van der Waals surface area contributed by atoms with Crippen LogP contribution in [-0.4, -0.2) is 35.5 Å². The highest BCUT2D eigenvalue weighted by atomic mass is 16.5. The van der Waals surface area contributed by atoms with Gasteiger partial charge in [-0.3, -0.25) is 4.98 Å². The molecule has 1 aromatic heterocycles. The quantitative estimate of drug-likeness (QED) is 0.327. The molecule has 6 heteroatoms. The lowest BCUT2D eigenvalue weighted by molar-refractivity contribution is 0.0526. The van der Waals surface area contributed by atoms with Gasteiger partial charge in [-0.15, -0.1) is 0 Å². The van der Waals surface area contributed by atoms with E-state index in [0.29, 0.717) is 24.4 Å². The molecule has 35 heavy (non-hydrogen) atoms. The summed E-state index contributed by atoms with van der Waals surface area (Å²) in [4.78, 5) is 30.3. The molecule has 0 bridgehead atoms. The molecule has 0 unspecified atom stereocenters. The molecular formula is C29H27N3O3. The number of ether oxygens (including phenoxy) is 1. The fourth-order valence-electron chi connectivity index (χ4n) is 3.72. The molecule has 0 aliphatic heterocycles. The van der Waals surface area contributed by atoms with Crippen LogP contribution in [-0.2, 0) is 11.3 Å². The van der Waals surface area contributed by atoms with Crippen LogP contribution in [0.4, 0.5) is 10.5 Å². The van der Waals surface area contributed by atoms with Crippen LogP contribution in [0.2, 0.25) is 0 Å². The van der Waals surface area contributed by atoms with E-state index in [4.69, 9.17) is 4.74 Å². The van der Waals surface area contributed by atoms with Gasteiger partial charge in [0.1, 0.15) is 0 Å². The topological polar surface area (TPSA) is 71.5 Å². The first-order valence-electron chi connectivity index (χ1n) is 11.4. The van der Waals surface area contributed by atoms with Crippen molar-refractivity contribution in [3.63, 3.8) is 0 Å². The second-order valence-corrected chi connectivity index (χ2v) is 8.10. The average Bonchev–Trinajstić information content (AvgIpc) is 2.90. The summed E-state index contributed by atoms with van der Waals surface area (Å²) >= 11 is 0. The maximum absolute atomic E-state index is 12.7. The van der Waals surface area contributed by atoms with Gasteiger partial charge >= 0.3 is 12.0 Å². The van der Waals surface area contributed by atoms with Crippen LogP contribution in [0.3, 0.4) is 0 Å². The minimum Gasteiger partial charge on any atom is -0.462 e. The van der Waals surface area contributed by atoms with Crippen molar-refractivity contribution in [2.24, 2.45) is 0 Å². The number of benzene rings is 3. The monoisotopic (exact) mass is 465 g/mol. The molecule has 1 N–H and O–H groups in total. The third kappa shape index (κ3) is 6.12. The van der Waals surface area contributed by atoms with E-state index in [-0.39, 0.29) is 12.0 Å². The molecule has 4 rings (SSSR count). The number of esters is 1. The van der Waals surface area contributed by atoms with Gasteiger partial charge in [0.2, 0.25) is 0 Å². The highest BCUT2D eigenvalue weighted by molar-refractivity contribution is 5.91. The van der Waals surface area contributed by atoms with Gasteiger partial charge in [0.05, 0.1) is 12.2 Å². The van der Waals surface area contributed by atoms with Crippen molar-refractivity contribution >= 4 is 17.7 Å². The number of hydrogen-bond acceptors (Lipinski definition) is 4. The van der Waals surface area contributed by atoms with Crippen LogP contribution in [0.1, 0.15) is 22.8 Å². The van der Waals surface area contributed by atoms with E-state index in [1.165, 1.54) is 0 Å². The molecule has 3 aromatic carbocycles. The van der Waals surface area contributed by atoms with Crippen molar-refractivity contribution < 1.29 is 14.3 Å². The molecule has 0 fully saturated rings. The molecule has 0 aliphatic carbocycles. The second-order valence-electron chi connectivity index (χ2n) is 8.10. The number of pyridine rings is 1. The number of nitrogens with zero attached hydrogens (tertiary/aromatic N) is 2. The first-order valence-corrected chi connectivity index (χ1v) is 11.4. The zero-order valence-electron chi connectivity index (χ0n) is 19.8. The van der Waals surface area contributed by atoms with Gasteiger partial charge in [-0.05, 0) is 77.2 Å². The van der Waals surface area contributed by atoms with E-state index in [0.717, 1.165) is 27.8 Å². The van der Waals surface area contributed by atoms with Crippen LogP contribution in [0.5, 0.6) is 0 Å². The minimum atomic E-state index is -0.328. The van der Waals surface area contributed by atoms with E-state index in [1.54, 1.807) is 43.4 Å². The van der Waals surface area contributed by atoms with Gasteiger partial charge in [0, 0.05) is 31.7 Å². The van der Waals surface area contributed by atoms with E-state index in [1.807, 2.05) is 66.7 Å². The number of hydrogen-bond donors (Lipinski definition) is 1. The third-order valence-electron chi connectivity index (χ3n) is 5.57. The normalized spacial score (nSPS) is 10.5. The number of amides is 2. The van der Waals surface area contributed by atoms with Crippen LogP contribution >= 0.6 is 0 Å². The Kier molecular flexibility index (Phi) is 7.53. The van der Waals surface area contributed by atoms with Gasteiger partial charge < -0.3 is 15.0 Å². The zero-order valence-corrected chi connectivity index (χ0v) is 19.8. The standard InChI is InChI=1S/C29H27N3O3/c1-3-35-28(33)25-9-7-22(8-10-25)23-11-13-27(14-12-23)31-29(34)32(2)20-21-5-4-6-26(19-21)24-15-17-30-18-16-24/h4-19H,3,20H2,1-2H3,(H,31,34). The number of carbonyl (C=O) groups excluding carboxylic acids is 2. The maximum atomic E-state index is 12.7. The molecule has 176 valence electrons. The first kappa shape index (κ1) is 23.7. The predicted octanol–water partition coefficient (Wildman–Crippen LogP) is 6.26. The Labute approximate surface area is 205 Å². The largest absolute Gasteiger partial charge is 0.462 e. The van der Waals surface area contributed by atoms with Crippen molar-refractivity contribution in [1.29, 1.82) is 0 Å². The molecule has 0 radical (unpaired) electrons. The van der Waals surface area contributed by atoms with Gasteiger partial charge in [0.15, 0.2) is 0 Å². The Morgan fingerprint density at radius 2 is 1.46 bits per heavy atom. The van der Waals surface area contributed by atoms with Crippen molar-refractivity contribution in [3.05, 3.63) is 108 Å². The lowest BCUT2D eigenvalue weighted by Crippen LogP contribution is -2.30. The Balaban J connectivity index is 1.36. The SMILES string of the molecule is CCOC(=O)c1ccc(-c2ccc(NC(=O)N(C)Cc3cccc(-c4ccncc4)c3)cc2)cc1. The van der Waals surface area contributed by atoms with Crippen LogP contribution in [0.15, 0.2) is 97.3 Å². The summed E-state index contributed by atoms with van der Waals surface area (Å²) in [6, 6.07) is 26.8. The Morgan fingerprint density at radius 3 is 2.11 bits per heavy atom. The van der Waals surface area contributed by atoms with Gasteiger partial charge in [0.25, 0.3) is 0 Å². The van der Waals surface area contributed by atoms with Crippen molar-refractivity contribution in [2.75, 3.05) is 19.0 Å². The minimum absolute atomic E-state index is 0.189. The molecule has 2 amide bonds. The van der Waals surface area contributed by atoms with E-state index in [9.17, 15) is 9.59 Å². The first-order chi connectivity index (χ1) is 17.0. The molecule has 0 atom stereocenters. The lowest BCUT2D eigenvalue weighted by Gasteiger charge is -2.19. The Hall–Kier alpha value is -4.45. The van der Waals surface area contributed by atoms with Crippen molar-refractivity contribution in [3.8, 4) is 22.3 Å². The average molecular weight is 466 g/mol. The highest BCUT2D eigenvalue weighted by Gasteiger charge is 2.11. The fraction of sp³-hybridized carbons (Fsp3) is 0.138. The summed E-state index contributed by atoms with van der Waals surface area (Å²) in [5, 5.41) is 2.94. The maximum Gasteiger partial charge on any atom is 0.338 e. The van der Waals surface area contributed by atoms with Gasteiger partial charge in [-0.1, -0.05) is 42.5 Å². The number of carbonyl (C=O) groups is 2. The second kappa shape index (κ2) is 11.1. The van der Waals surface area contributed by atoms with Gasteiger partial charge in [-0.2, -0.15) is 0 Å². The van der Waals surface area contributed by atoms with E-state index in [2.05, 4.69) is 16.4 Å².